The fourth-order valence-corrected chi connectivity index (χ4v) is 4.88. The van der Waals surface area contributed by atoms with E-state index in [-0.39, 0.29) is 31.7 Å². The SMILES string of the molecule is Cc1[nH]n(C)c(=O)c1C(=O)c1ccc(S(C)(=O)=O)c(C2=NC(=O)C(=O)S2)c1Cl. The lowest BCUT2D eigenvalue weighted by molar-refractivity contribution is -0.130. The third kappa shape index (κ3) is 3.25. The van der Waals surface area contributed by atoms with Gasteiger partial charge in [-0.15, -0.1) is 0 Å². The summed E-state index contributed by atoms with van der Waals surface area (Å²) in [5, 5.41) is 1.27. The first kappa shape index (κ1) is 20.2. The van der Waals surface area contributed by atoms with Gasteiger partial charge in [-0.3, -0.25) is 29.0 Å². The van der Waals surface area contributed by atoms with E-state index < -0.39 is 32.2 Å². The molecule has 0 radical (unpaired) electrons. The van der Waals surface area contributed by atoms with Gasteiger partial charge < -0.3 is 0 Å². The van der Waals surface area contributed by atoms with Gasteiger partial charge in [-0.25, -0.2) is 8.42 Å². The Morgan fingerprint density at radius 1 is 1.25 bits per heavy atom. The molecule has 0 unspecified atom stereocenters. The van der Waals surface area contributed by atoms with E-state index in [2.05, 4.69) is 10.1 Å². The highest BCUT2D eigenvalue weighted by Gasteiger charge is 2.33. The van der Waals surface area contributed by atoms with E-state index in [0.717, 1.165) is 17.0 Å². The molecule has 0 atom stereocenters. The van der Waals surface area contributed by atoms with Crippen LogP contribution in [0.5, 0.6) is 0 Å². The Morgan fingerprint density at radius 3 is 2.36 bits per heavy atom. The Hall–Kier alpha value is -2.50. The number of halogens is 1. The van der Waals surface area contributed by atoms with E-state index in [0.29, 0.717) is 17.5 Å². The van der Waals surface area contributed by atoms with Crippen LogP contribution in [0.25, 0.3) is 0 Å². The number of aromatic nitrogens is 2. The Morgan fingerprint density at radius 2 is 1.89 bits per heavy atom. The Kier molecular flexibility index (Phi) is 4.94. The van der Waals surface area contributed by atoms with E-state index in [1.807, 2.05) is 0 Å². The van der Waals surface area contributed by atoms with Gasteiger partial charge in [-0.05, 0) is 30.8 Å². The van der Waals surface area contributed by atoms with Gasteiger partial charge in [0.05, 0.1) is 9.92 Å². The largest absolute Gasteiger partial charge is 0.325 e. The zero-order valence-corrected chi connectivity index (χ0v) is 17.1. The minimum absolute atomic E-state index is 0.154. The van der Waals surface area contributed by atoms with Crippen molar-refractivity contribution in [2.24, 2.45) is 12.0 Å². The highest BCUT2D eigenvalue weighted by atomic mass is 35.5. The average molecular weight is 442 g/mol. The van der Waals surface area contributed by atoms with Crippen LogP contribution in [0.3, 0.4) is 0 Å². The van der Waals surface area contributed by atoms with Crippen molar-refractivity contribution < 1.29 is 22.8 Å². The number of rotatable bonds is 4. The molecule has 0 spiro atoms. The molecule has 3 rings (SSSR count). The van der Waals surface area contributed by atoms with Crippen molar-refractivity contribution in [2.75, 3.05) is 6.26 Å². The molecule has 2 aromatic rings. The molecule has 1 aromatic heterocycles. The molecule has 0 fully saturated rings. The maximum Gasteiger partial charge on any atom is 0.325 e. The smallest absolute Gasteiger partial charge is 0.299 e. The van der Waals surface area contributed by atoms with E-state index in [4.69, 9.17) is 11.6 Å². The highest BCUT2D eigenvalue weighted by molar-refractivity contribution is 8.29. The zero-order valence-electron chi connectivity index (χ0n) is 14.7. The summed E-state index contributed by atoms with van der Waals surface area (Å²) in [6.07, 6.45) is 0.916. The predicted molar refractivity (Wildman–Crippen MR) is 103 cm³/mol. The minimum atomic E-state index is -3.83. The first-order chi connectivity index (χ1) is 12.9. The summed E-state index contributed by atoms with van der Waals surface area (Å²) in [7, 11) is -2.39. The lowest BCUT2D eigenvalue weighted by atomic mass is 10.0. The first-order valence-electron chi connectivity index (χ1n) is 7.61. The number of amides is 1. The van der Waals surface area contributed by atoms with E-state index >= 15 is 0 Å². The summed E-state index contributed by atoms with van der Waals surface area (Å²) in [5.41, 5.74) is -0.802. The van der Waals surface area contributed by atoms with Gasteiger partial charge in [-0.2, -0.15) is 4.99 Å². The van der Waals surface area contributed by atoms with Gasteiger partial charge in [-0.1, -0.05) is 11.6 Å². The second-order valence-corrected chi connectivity index (χ2v) is 9.31. The van der Waals surface area contributed by atoms with E-state index in [1.54, 1.807) is 0 Å². The number of hydrogen-bond donors (Lipinski definition) is 1. The number of aliphatic imine (C=N–C) groups is 1. The maximum atomic E-state index is 12.9. The Labute approximate surface area is 167 Å². The number of sulfone groups is 1. The molecule has 146 valence electrons. The van der Waals surface area contributed by atoms with Crippen molar-refractivity contribution >= 4 is 55.0 Å². The van der Waals surface area contributed by atoms with Crippen LogP contribution in [0.2, 0.25) is 5.02 Å². The Balaban J connectivity index is 2.29. The summed E-state index contributed by atoms with van der Waals surface area (Å²) < 4.78 is 25.4. The second-order valence-electron chi connectivity index (χ2n) is 5.99. The molecular weight excluding hydrogens is 430 g/mol. The van der Waals surface area contributed by atoms with Crippen LogP contribution < -0.4 is 5.56 Å². The molecule has 0 bridgehead atoms. The monoisotopic (exact) mass is 441 g/mol. The Bertz CT molecular complexity index is 1270. The van der Waals surface area contributed by atoms with Gasteiger partial charge in [0.25, 0.3) is 10.7 Å². The molecule has 1 amide bonds. The van der Waals surface area contributed by atoms with E-state index in [9.17, 15) is 27.6 Å². The molecule has 9 nitrogen and oxygen atoms in total. The summed E-state index contributed by atoms with van der Waals surface area (Å²) >= 11 is 6.76. The van der Waals surface area contributed by atoms with Gasteiger partial charge in [0.2, 0.25) is 5.78 Å². The molecule has 1 aromatic carbocycles. The fourth-order valence-electron chi connectivity index (χ4n) is 2.73. The van der Waals surface area contributed by atoms with Crippen LogP contribution in [-0.4, -0.2) is 46.3 Å². The lowest BCUT2D eigenvalue weighted by Gasteiger charge is -2.12. The number of carbonyl (C=O) groups excluding carboxylic acids is 3. The molecule has 2 heterocycles. The van der Waals surface area contributed by atoms with Crippen molar-refractivity contribution in [3.05, 3.63) is 49.9 Å². The average Bonchev–Trinajstić information content (AvgIpc) is 3.04. The molecule has 12 heteroatoms. The fraction of sp³-hybridized carbons (Fsp3) is 0.188. The third-order valence-corrected chi connectivity index (χ3v) is 6.37. The standard InChI is InChI=1S/C16H12ClN3O6S2/c1-6-9(15(23)20(2)19-6)12(21)7-4-5-8(28(3,25)26)10(11(7)17)14-18-13(22)16(24)27-14/h4-5,19H,1-3H3. The van der Waals surface area contributed by atoms with Crippen LogP contribution in [0, 0.1) is 6.92 Å². The van der Waals surface area contributed by atoms with Gasteiger partial charge in [0.1, 0.15) is 10.6 Å². The molecule has 0 saturated heterocycles. The number of nitrogens with one attached hydrogen (secondary N) is 1. The number of hydrogen-bond acceptors (Lipinski definition) is 7. The molecule has 1 aliphatic heterocycles. The quantitative estimate of drug-likeness (QED) is 0.548. The van der Waals surface area contributed by atoms with Crippen molar-refractivity contribution in [3.8, 4) is 0 Å². The van der Waals surface area contributed by atoms with Crippen molar-refractivity contribution in [1.82, 2.24) is 9.78 Å². The minimum Gasteiger partial charge on any atom is -0.299 e. The first-order valence-corrected chi connectivity index (χ1v) is 10.7. The molecular formula is C16H12ClN3O6S2. The van der Waals surface area contributed by atoms with Crippen LogP contribution in [0.1, 0.15) is 27.2 Å². The number of carbonyl (C=O) groups is 3. The number of H-pyrrole nitrogens is 1. The van der Waals surface area contributed by atoms with Crippen LogP contribution in [-0.2, 0) is 26.5 Å². The number of aromatic amines is 1. The van der Waals surface area contributed by atoms with Crippen molar-refractivity contribution in [1.29, 1.82) is 0 Å². The lowest BCUT2D eigenvalue weighted by Crippen LogP contribution is -2.20. The highest BCUT2D eigenvalue weighted by Crippen LogP contribution is 2.35. The zero-order chi connectivity index (χ0) is 21.0. The number of thioether (sulfide) groups is 1. The van der Waals surface area contributed by atoms with Crippen LogP contribution >= 0.6 is 23.4 Å². The molecule has 0 saturated carbocycles. The summed E-state index contributed by atoms with van der Waals surface area (Å²) in [5.74, 6) is -1.78. The summed E-state index contributed by atoms with van der Waals surface area (Å²) in [6, 6.07) is 2.31. The number of nitrogens with zero attached hydrogens (tertiary/aromatic N) is 2. The van der Waals surface area contributed by atoms with E-state index in [1.165, 1.54) is 20.0 Å². The number of ketones is 1. The van der Waals surface area contributed by atoms with Crippen LogP contribution in [0.15, 0.2) is 26.8 Å². The van der Waals surface area contributed by atoms with Crippen molar-refractivity contribution in [2.45, 2.75) is 11.8 Å². The summed E-state index contributed by atoms with van der Waals surface area (Å²) in [4.78, 5) is 51.5. The molecule has 0 aliphatic carbocycles. The maximum absolute atomic E-state index is 12.9. The molecule has 28 heavy (non-hydrogen) atoms. The number of benzene rings is 1. The normalized spacial score (nSPS) is 14.5. The topological polar surface area (TPSA) is 136 Å². The van der Waals surface area contributed by atoms with Gasteiger partial charge >= 0.3 is 5.91 Å². The summed E-state index contributed by atoms with van der Waals surface area (Å²) in [6.45, 7) is 1.53. The van der Waals surface area contributed by atoms with Crippen LogP contribution in [0.4, 0.5) is 0 Å². The van der Waals surface area contributed by atoms with Gasteiger partial charge in [0, 0.05) is 30.1 Å². The molecule has 1 N–H and O–H groups in total. The number of aryl methyl sites for hydroxylation is 2. The predicted octanol–water partition coefficient (Wildman–Crippen LogP) is 0.856. The second kappa shape index (κ2) is 6.83. The van der Waals surface area contributed by atoms with Gasteiger partial charge in [0.15, 0.2) is 9.84 Å². The molecule has 1 aliphatic rings. The third-order valence-electron chi connectivity index (χ3n) is 3.98. The van der Waals surface area contributed by atoms with Crippen molar-refractivity contribution in [3.63, 3.8) is 0 Å².